The van der Waals surface area contributed by atoms with Crippen molar-refractivity contribution in [1.29, 1.82) is 0 Å². The fraction of sp³-hybridized carbons (Fsp3) is 0.947. The third-order valence-corrected chi connectivity index (χ3v) is 4.57. The minimum absolute atomic E-state index is 0.132. The van der Waals surface area contributed by atoms with Crippen LogP contribution in [0.2, 0.25) is 0 Å². The maximum Gasteiger partial charge on any atom is 0.229 e. The molecule has 0 aromatic carbocycles. The van der Waals surface area contributed by atoms with Crippen LogP contribution in [0.1, 0.15) is 91.4 Å². The minimum Gasteiger partial charge on any atom is -0.471 e. The van der Waals surface area contributed by atoms with E-state index in [2.05, 4.69) is 25.9 Å². The van der Waals surface area contributed by atoms with Crippen LogP contribution in [0, 0.1) is 5.92 Å². The molecule has 0 bridgehead atoms. The average molecular weight is 328 g/mol. The number of nitrogens with zero attached hydrogens (tertiary/aromatic N) is 1. The molecular weight excluding hydrogens is 290 g/mol. The van der Waals surface area contributed by atoms with E-state index in [0.29, 0.717) is 12.5 Å². The van der Waals surface area contributed by atoms with Crippen molar-refractivity contribution >= 4 is 5.90 Å². The number of oxime groups is 1. The van der Waals surface area contributed by atoms with Crippen molar-refractivity contribution < 1.29 is 14.7 Å². The first-order chi connectivity index (χ1) is 11.2. The third-order valence-electron chi connectivity index (χ3n) is 4.57. The summed E-state index contributed by atoms with van der Waals surface area (Å²) < 4.78 is 5.84. The van der Waals surface area contributed by atoms with Crippen molar-refractivity contribution in [2.75, 3.05) is 6.61 Å². The van der Waals surface area contributed by atoms with Gasteiger partial charge >= 0.3 is 0 Å². The summed E-state index contributed by atoms with van der Waals surface area (Å²) in [5, 5.41) is 13.5. The molecule has 1 unspecified atom stereocenters. The summed E-state index contributed by atoms with van der Waals surface area (Å²) in [4.78, 5) is 5.23. The molecule has 1 atom stereocenters. The summed E-state index contributed by atoms with van der Waals surface area (Å²) >= 11 is 0. The van der Waals surface area contributed by atoms with Gasteiger partial charge < -0.3 is 14.7 Å². The van der Waals surface area contributed by atoms with Crippen molar-refractivity contribution in [3.8, 4) is 0 Å². The maximum absolute atomic E-state index is 9.45. The monoisotopic (exact) mass is 327 g/mol. The number of ether oxygens (including phenoxy) is 1. The molecule has 136 valence electrons. The molecule has 1 N–H and O–H groups in total. The first-order valence-electron chi connectivity index (χ1n) is 9.75. The first kappa shape index (κ1) is 20.3. The molecule has 23 heavy (non-hydrogen) atoms. The molecule has 4 heteroatoms. The second-order valence-electron chi connectivity index (χ2n) is 6.82. The van der Waals surface area contributed by atoms with E-state index in [-0.39, 0.29) is 12.2 Å². The van der Waals surface area contributed by atoms with Gasteiger partial charge in [-0.25, -0.2) is 0 Å². The zero-order chi connectivity index (χ0) is 16.9. The lowest BCUT2D eigenvalue weighted by molar-refractivity contribution is -0.00489. The Balaban J connectivity index is 0.000000322. The molecule has 1 saturated carbocycles. The average Bonchev–Trinajstić information content (AvgIpc) is 2.57. The van der Waals surface area contributed by atoms with Crippen molar-refractivity contribution in [2.45, 2.75) is 104 Å². The van der Waals surface area contributed by atoms with Crippen LogP contribution in [0.15, 0.2) is 5.16 Å². The quantitative estimate of drug-likeness (QED) is 0.666. The molecule has 0 spiro atoms. The van der Waals surface area contributed by atoms with Crippen molar-refractivity contribution in [3.63, 3.8) is 0 Å². The van der Waals surface area contributed by atoms with Gasteiger partial charge in [-0.15, -0.1) is 0 Å². The van der Waals surface area contributed by atoms with E-state index in [1.807, 2.05) is 0 Å². The minimum atomic E-state index is -0.132. The molecule has 1 aliphatic carbocycles. The van der Waals surface area contributed by atoms with Gasteiger partial charge in [0, 0.05) is 5.92 Å². The standard InChI is InChI=1S/C12H21NO3.C7H16/c1-2-3-11-8-15-13-12(16-11)9-4-6-10(14)7-5-9;1-3-5-7-6-4-2/h9-11,14H,2-8H2,1H3;3-7H2,1-2H3. The topological polar surface area (TPSA) is 51.0 Å². The highest BCUT2D eigenvalue weighted by molar-refractivity contribution is 5.78. The van der Waals surface area contributed by atoms with Crippen LogP contribution in [0.5, 0.6) is 0 Å². The Bertz CT molecular complexity index is 308. The van der Waals surface area contributed by atoms with E-state index in [4.69, 9.17) is 9.57 Å². The van der Waals surface area contributed by atoms with E-state index >= 15 is 0 Å². The molecular formula is C19H37NO3. The highest BCUT2D eigenvalue weighted by Gasteiger charge is 2.29. The van der Waals surface area contributed by atoms with Crippen LogP contribution in [0.3, 0.4) is 0 Å². The molecule has 2 aliphatic rings. The number of unbranched alkanes of at least 4 members (excludes halogenated alkanes) is 4. The largest absolute Gasteiger partial charge is 0.471 e. The fourth-order valence-electron chi connectivity index (χ4n) is 3.04. The van der Waals surface area contributed by atoms with Gasteiger partial charge in [0.15, 0.2) is 6.61 Å². The van der Waals surface area contributed by atoms with E-state index < -0.39 is 0 Å². The number of aliphatic hydroxyl groups is 1. The van der Waals surface area contributed by atoms with Gasteiger partial charge in [-0.2, -0.15) is 0 Å². The zero-order valence-electron chi connectivity index (χ0n) is 15.4. The number of hydrogen-bond donors (Lipinski definition) is 1. The lowest BCUT2D eigenvalue weighted by atomic mass is 9.87. The third kappa shape index (κ3) is 8.59. The lowest BCUT2D eigenvalue weighted by Gasteiger charge is -2.30. The Kier molecular flexibility index (Phi) is 11.1. The van der Waals surface area contributed by atoms with Gasteiger partial charge in [-0.1, -0.05) is 64.5 Å². The van der Waals surface area contributed by atoms with Crippen LogP contribution >= 0.6 is 0 Å². The van der Waals surface area contributed by atoms with Gasteiger partial charge in [-0.05, 0) is 32.1 Å². The Morgan fingerprint density at radius 1 is 0.957 bits per heavy atom. The molecule has 2 rings (SSSR count). The second kappa shape index (κ2) is 12.6. The smallest absolute Gasteiger partial charge is 0.229 e. The molecule has 0 amide bonds. The van der Waals surface area contributed by atoms with Crippen LogP contribution < -0.4 is 0 Å². The summed E-state index contributed by atoms with van der Waals surface area (Å²) in [6.07, 6.45) is 12.8. The highest BCUT2D eigenvalue weighted by Crippen LogP contribution is 2.28. The SMILES string of the molecule is CCCC1CON=C(C2CCC(O)CC2)O1.CCCCCCC. The van der Waals surface area contributed by atoms with Gasteiger partial charge in [0.2, 0.25) is 5.90 Å². The van der Waals surface area contributed by atoms with Crippen LogP contribution in [0.4, 0.5) is 0 Å². The molecule has 1 fully saturated rings. The molecule has 1 heterocycles. The number of rotatable bonds is 7. The Hall–Kier alpha value is -0.770. The summed E-state index contributed by atoms with van der Waals surface area (Å²) in [6, 6.07) is 0. The lowest BCUT2D eigenvalue weighted by Crippen LogP contribution is -2.34. The van der Waals surface area contributed by atoms with Crippen LogP contribution in [-0.4, -0.2) is 29.8 Å². The Morgan fingerprint density at radius 3 is 2.17 bits per heavy atom. The first-order valence-corrected chi connectivity index (χ1v) is 9.75. The van der Waals surface area contributed by atoms with Gasteiger partial charge in [0.05, 0.1) is 6.10 Å². The normalized spacial score (nSPS) is 27.1. The van der Waals surface area contributed by atoms with Gasteiger partial charge in [0.25, 0.3) is 0 Å². The molecule has 0 aromatic heterocycles. The van der Waals surface area contributed by atoms with E-state index in [1.54, 1.807) is 0 Å². The van der Waals surface area contributed by atoms with Crippen molar-refractivity contribution in [2.24, 2.45) is 11.1 Å². The molecule has 0 saturated heterocycles. The summed E-state index contributed by atoms with van der Waals surface area (Å²) in [5.74, 6) is 1.11. The Labute approximate surface area is 142 Å². The molecule has 0 aromatic rings. The van der Waals surface area contributed by atoms with Crippen molar-refractivity contribution in [3.05, 3.63) is 0 Å². The summed E-state index contributed by atoms with van der Waals surface area (Å²) in [6.45, 7) is 7.21. The summed E-state index contributed by atoms with van der Waals surface area (Å²) in [5.41, 5.74) is 0. The maximum atomic E-state index is 9.45. The number of aliphatic hydroxyl groups excluding tert-OH is 1. The summed E-state index contributed by atoms with van der Waals surface area (Å²) in [7, 11) is 0. The molecule has 1 aliphatic heterocycles. The van der Waals surface area contributed by atoms with E-state index in [0.717, 1.165) is 44.4 Å². The molecule has 0 radical (unpaired) electrons. The predicted molar refractivity (Wildman–Crippen MR) is 95.6 cm³/mol. The van der Waals surface area contributed by atoms with E-state index in [9.17, 15) is 5.11 Å². The second-order valence-corrected chi connectivity index (χ2v) is 6.82. The number of hydrogen-bond acceptors (Lipinski definition) is 4. The Morgan fingerprint density at radius 2 is 1.61 bits per heavy atom. The molecule has 4 nitrogen and oxygen atoms in total. The predicted octanol–water partition coefficient (Wildman–Crippen LogP) is 5.04. The van der Waals surface area contributed by atoms with Gasteiger partial charge in [0.1, 0.15) is 6.10 Å². The van der Waals surface area contributed by atoms with Crippen LogP contribution in [0.25, 0.3) is 0 Å². The van der Waals surface area contributed by atoms with E-state index in [1.165, 1.54) is 32.1 Å². The van der Waals surface area contributed by atoms with Crippen LogP contribution in [-0.2, 0) is 9.57 Å². The highest BCUT2D eigenvalue weighted by atomic mass is 16.7. The van der Waals surface area contributed by atoms with Gasteiger partial charge in [-0.3, -0.25) is 0 Å². The van der Waals surface area contributed by atoms with Crippen molar-refractivity contribution in [1.82, 2.24) is 0 Å². The zero-order valence-corrected chi connectivity index (χ0v) is 15.4. The fourth-order valence-corrected chi connectivity index (χ4v) is 3.04.